The molecule has 1 atom stereocenters. The van der Waals surface area contributed by atoms with Crippen molar-refractivity contribution in [3.8, 4) is 5.75 Å². The highest BCUT2D eigenvalue weighted by atomic mass is 19.1. The summed E-state index contributed by atoms with van der Waals surface area (Å²) in [5.41, 5.74) is 1.30. The van der Waals surface area contributed by atoms with Gasteiger partial charge in [0.05, 0.1) is 19.3 Å². The molecule has 2 rings (SSSR count). The molecule has 0 radical (unpaired) electrons. The quantitative estimate of drug-likeness (QED) is 0.912. The van der Waals surface area contributed by atoms with Crippen LogP contribution in [-0.4, -0.2) is 18.6 Å². The first-order valence-electron chi connectivity index (χ1n) is 6.32. The van der Waals surface area contributed by atoms with Gasteiger partial charge in [0.25, 0.3) is 0 Å². The second-order valence-corrected chi connectivity index (χ2v) is 4.35. The van der Waals surface area contributed by atoms with E-state index in [1.54, 1.807) is 25.6 Å². The molecule has 1 aromatic heterocycles. The van der Waals surface area contributed by atoms with E-state index in [0.717, 1.165) is 11.6 Å². The number of pyridine rings is 1. The van der Waals surface area contributed by atoms with Gasteiger partial charge in [0.1, 0.15) is 17.4 Å². The number of ether oxygens (including phenoxy) is 1. The molecule has 1 unspecified atom stereocenters. The summed E-state index contributed by atoms with van der Waals surface area (Å²) in [5, 5.41) is 3.19. The normalized spacial score (nSPS) is 12.2. The summed E-state index contributed by atoms with van der Waals surface area (Å²) in [5.74, 6) is -0.597. The Hall–Kier alpha value is -2.01. The van der Waals surface area contributed by atoms with Crippen LogP contribution in [0.5, 0.6) is 5.75 Å². The number of methoxy groups -OCH3 is 1. The van der Waals surface area contributed by atoms with Gasteiger partial charge in [-0.25, -0.2) is 8.78 Å². The Morgan fingerprint density at radius 3 is 2.40 bits per heavy atom. The zero-order valence-corrected chi connectivity index (χ0v) is 11.4. The Bertz CT molecular complexity index is 570. The van der Waals surface area contributed by atoms with Crippen LogP contribution in [-0.2, 0) is 0 Å². The maximum absolute atomic E-state index is 13.4. The Morgan fingerprint density at radius 1 is 1.10 bits per heavy atom. The molecule has 0 saturated heterocycles. The first kappa shape index (κ1) is 14.4. The smallest absolute Gasteiger partial charge is 0.137 e. The van der Waals surface area contributed by atoms with Gasteiger partial charge in [-0.1, -0.05) is 6.92 Å². The van der Waals surface area contributed by atoms with Crippen molar-refractivity contribution in [1.29, 1.82) is 0 Å². The largest absolute Gasteiger partial charge is 0.495 e. The van der Waals surface area contributed by atoms with Crippen molar-refractivity contribution in [2.45, 2.75) is 13.0 Å². The molecule has 5 heteroatoms. The summed E-state index contributed by atoms with van der Waals surface area (Å²) in [6, 6.07) is 4.94. The lowest BCUT2D eigenvalue weighted by Crippen LogP contribution is -2.22. The van der Waals surface area contributed by atoms with Crippen molar-refractivity contribution >= 4 is 0 Å². The van der Waals surface area contributed by atoms with E-state index in [0.29, 0.717) is 17.9 Å². The van der Waals surface area contributed by atoms with Gasteiger partial charge in [0.15, 0.2) is 0 Å². The molecule has 0 aliphatic rings. The lowest BCUT2D eigenvalue weighted by Gasteiger charge is -2.19. The summed E-state index contributed by atoms with van der Waals surface area (Å²) in [6.07, 6.45) is 3.23. The molecule has 3 nitrogen and oxygen atoms in total. The van der Waals surface area contributed by atoms with Gasteiger partial charge < -0.3 is 10.1 Å². The van der Waals surface area contributed by atoms with E-state index in [9.17, 15) is 8.78 Å². The SMILES string of the molecule is CCNC(c1cc(F)cc(F)c1)c1cncc(OC)c1. The van der Waals surface area contributed by atoms with Gasteiger partial charge in [-0.15, -0.1) is 0 Å². The number of halogens is 2. The molecule has 0 aliphatic carbocycles. The molecule has 0 bridgehead atoms. The average Bonchev–Trinajstić information content (AvgIpc) is 2.43. The molecule has 0 amide bonds. The van der Waals surface area contributed by atoms with Crippen molar-refractivity contribution in [2.75, 3.05) is 13.7 Å². The van der Waals surface area contributed by atoms with Crippen LogP contribution in [0.3, 0.4) is 0 Å². The fourth-order valence-electron chi connectivity index (χ4n) is 2.08. The molecule has 0 fully saturated rings. The summed E-state index contributed by atoms with van der Waals surface area (Å²) in [6.45, 7) is 2.58. The first-order chi connectivity index (χ1) is 9.63. The van der Waals surface area contributed by atoms with Crippen LogP contribution in [0.15, 0.2) is 36.7 Å². The van der Waals surface area contributed by atoms with Crippen LogP contribution in [0, 0.1) is 11.6 Å². The minimum absolute atomic E-state index is 0.340. The molecule has 0 saturated carbocycles. The Balaban J connectivity index is 2.43. The van der Waals surface area contributed by atoms with Crippen LogP contribution >= 0.6 is 0 Å². The van der Waals surface area contributed by atoms with E-state index in [1.807, 2.05) is 6.92 Å². The van der Waals surface area contributed by atoms with E-state index in [1.165, 1.54) is 12.1 Å². The Morgan fingerprint density at radius 2 is 1.80 bits per heavy atom. The van der Waals surface area contributed by atoms with Crippen LogP contribution in [0.1, 0.15) is 24.1 Å². The van der Waals surface area contributed by atoms with Gasteiger partial charge in [-0.2, -0.15) is 0 Å². The Labute approximate surface area is 116 Å². The van der Waals surface area contributed by atoms with Crippen molar-refractivity contribution in [3.05, 3.63) is 59.4 Å². The maximum Gasteiger partial charge on any atom is 0.137 e. The minimum atomic E-state index is -0.598. The van der Waals surface area contributed by atoms with Gasteiger partial charge in [0.2, 0.25) is 0 Å². The second-order valence-electron chi connectivity index (χ2n) is 4.35. The van der Waals surface area contributed by atoms with E-state index in [-0.39, 0.29) is 6.04 Å². The molecule has 1 N–H and O–H groups in total. The number of hydrogen-bond donors (Lipinski definition) is 1. The first-order valence-corrected chi connectivity index (χ1v) is 6.32. The highest BCUT2D eigenvalue weighted by Crippen LogP contribution is 2.25. The minimum Gasteiger partial charge on any atom is -0.495 e. The van der Waals surface area contributed by atoms with Crippen molar-refractivity contribution in [1.82, 2.24) is 10.3 Å². The third kappa shape index (κ3) is 3.30. The van der Waals surface area contributed by atoms with E-state index >= 15 is 0 Å². The molecular weight excluding hydrogens is 262 g/mol. The molecular formula is C15H16F2N2O. The summed E-state index contributed by atoms with van der Waals surface area (Å²) < 4.78 is 31.9. The second kappa shape index (κ2) is 6.43. The number of rotatable bonds is 5. The predicted molar refractivity (Wildman–Crippen MR) is 72.7 cm³/mol. The molecule has 1 heterocycles. The van der Waals surface area contributed by atoms with Gasteiger partial charge in [0, 0.05) is 12.3 Å². The molecule has 1 aromatic carbocycles. The number of nitrogens with zero attached hydrogens (tertiary/aromatic N) is 1. The fraction of sp³-hybridized carbons (Fsp3) is 0.267. The maximum atomic E-state index is 13.4. The predicted octanol–water partition coefficient (Wildman–Crippen LogP) is 3.07. The standard InChI is InChI=1S/C15H16F2N2O/c1-3-19-15(10-4-12(16)7-13(17)5-10)11-6-14(20-2)9-18-8-11/h4-9,15,19H,3H2,1-2H3. The van der Waals surface area contributed by atoms with Gasteiger partial charge >= 0.3 is 0 Å². The molecule has 20 heavy (non-hydrogen) atoms. The third-order valence-corrected chi connectivity index (χ3v) is 2.93. The molecule has 0 aliphatic heterocycles. The van der Waals surface area contributed by atoms with Crippen LogP contribution in [0.25, 0.3) is 0 Å². The fourth-order valence-corrected chi connectivity index (χ4v) is 2.08. The van der Waals surface area contributed by atoms with E-state index < -0.39 is 11.6 Å². The van der Waals surface area contributed by atoms with Crippen LogP contribution in [0.4, 0.5) is 8.78 Å². The molecule has 106 valence electrons. The monoisotopic (exact) mass is 278 g/mol. The summed E-state index contributed by atoms with van der Waals surface area (Å²) >= 11 is 0. The molecule has 2 aromatic rings. The average molecular weight is 278 g/mol. The summed E-state index contributed by atoms with van der Waals surface area (Å²) in [7, 11) is 1.55. The van der Waals surface area contributed by atoms with E-state index in [2.05, 4.69) is 10.3 Å². The zero-order chi connectivity index (χ0) is 14.5. The molecule has 0 spiro atoms. The number of aromatic nitrogens is 1. The van der Waals surface area contributed by atoms with Crippen molar-refractivity contribution in [2.24, 2.45) is 0 Å². The number of nitrogens with one attached hydrogen (secondary N) is 1. The van der Waals surface area contributed by atoms with Crippen molar-refractivity contribution < 1.29 is 13.5 Å². The summed E-state index contributed by atoms with van der Waals surface area (Å²) in [4.78, 5) is 4.08. The third-order valence-electron chi connectivity index (χ3n) is 2.93. The Kier molecular flexibility index (Phi) is 4.63. The van der Waals surface area contributed by atoms with Crippen LogP contribution < -0.4 is 10.1 Å². The van der Waals surface area contributed by atoms with Gasteiger partial charge in [-0.3, -0.25) is 4.98 Å². The zero-order valence-electron chi connectivity index (χ0n) is 11.4. The number of benzene rings is 1. The van der Waals surface area contributed by atoms with Crippen molar-refractivity contribution in [3.63, 3.8) is 0 Å². The highest BCUT2D eigenvalue weighted by Gasteiger charge is 2.16. The number of hydrogen-bond acceptors (Lipinski definition) is 3. The lowest BCUT2D eigenvalue weighted by atomic mass is 9.99. The van der Waals surface area contributed by atoms with Crippen LogP contribution in [0.2, 0.25) is 0 Å². The van der Waals surface area contributed by atoms with Gasteiger partial charge in [-0.05, 0) is 35.9 Å². The lowest BCUT2D eigenvalue weighted by molar-refractivity contribution is 0.411. The van der Waals surface area contributed by atoms with E-state index in [4.69, 9.17) is 4.74 Å². The topological polar surface area (TPSA) is 34.2 Å². The highest BCUT2D eigenvalue weighted by molar-refractivity contribution is 5.34.